The number of carboxylic acid groups (broad SMARTS) is 1. The highest BCUT2D eigenvalue weighted by molar-refractivity contribution is 7.86. The summed E-state index contributed by atoms with van der Waals surface area (Å²) in [4.78, 5) is 22.2. The molecule has 1 aliphatic heterocycles. The third kappa shape index (κ3) is 7.71. The highest BCUT2D eigenvalue weighted by Crippen LogP contribution is 2.44. The van der Waals surface area contributed by atoms with Crippen molar-refractivity contribution in [2.45, 2.75) is 35.5 Å². The number of rotatable bonds is 9. The minimum Gasteiger partial charge on any atom is -0.478 e. The summed E-state index contributed by atoms with van der Waals surface area (Å²) in [5.74, 6) is -1.33. The van der Waals surface area contributed by atoms with Gasteiger partial charge in [0.2, 0.25) is 0 Å². The molecule has 0 aliphatic carbocycles. The van der Waals surface area contributed by atoms with Crippen molar-refractivity contribution in [3.63, 3.8) is 0 Å². The molecule has 290 valence electrons. The van der Waals surface area contributed by atoms with Crippen LogP contribution in [0.3, 0.4) is 0 Å². The van der Waals surface area contributed by atoms with Gasteiger partial charge in [-0.1, -0.05) is 30.8 Å². The van der Waals surface area contributed by atoms with Crippen LogP contribution < -0.4 is 31.1 Å². The number of nitrogens with one attached hydrogen (secondary N) is 3. The van der Waals surface area contributed by atoms with Crippen LogP contribution in [0.1, 0.15) is 38.2 Å². The van der Waals surface area contributed by atoms with E-state index in [1.807, 2.05) is 0 Å². The van der Waals surface area contributed by atoms with Crippen LogP contribution in [0, 0.1) is 20.8 Å². The summed E-state index contributed by atoms with van der Waals surface area (Å²) in [6.45, 7) is 8.73. The van der Waals surface area contributed by atoms with E-state index in [-0.39, 0.29) is 49.9 Å². The van der Waals surface area contributed by atoms with Gasteiger partial charge < -0.3 is 25.8 Å². The van der Waals surface area contributed by atoms with Gasteiger partial charge in [-0.2, -0.15) is 25.3 Å². The molecule has 0 bridgehead atoms. The topological polar surface area (TPSA) is 263 Å². The molecule has 0 unspecified atom stereocenters. The number of fused-ring (bicyclic) bond motifs is 2. The number of amides is 2. The zero-order chi connectivity index (χ0) is 41.1. The Morgan fingerprint density at radius 1 is 0.661 bits per heavy atom. The van der Waals surface area contributed by atoms with E-state index in [0.29, 0.717) is 33.8 Å². The summed E-state index contributed by atoms with van der Waals surface area (Å²) in [7, 11) is -15.0. The number of carbonyl (C=O) groups is 2. The number of benzene rings is 5. The van der Waals surface area contributed by atoms with Crippen LogP contribution in [0.5, 0.6) is 11.5 Å². The number of urea groups is 1. The Balaban J connectivity index is 1.52. The average Bonchev–Trinajstić information content (AvgIpc) is 3.09. The van der Waals surface area contributed by atoms with Crippen molar-refractivity contribution in [2.75, 3.05) is 16.0 Å². The number of carbonyl (C=O) groups excluding carboxylic acids is 1. The molecule has 0 aromatic heterocycles. The molecule has 0 fully saturated rings. The first-order valence-electron chi connectivity index (χ1n) is 16.1. The van der Waals surface area contributed by atoms with Gasteiger partial charge in [-0.3, -0.25) is 13.7 Å². The molecule has 16 nitrogen and oxygen atoms in total. The third-order valence-electron chi connectivity index (χ3n) is 8.85. The van der Waals surface area contributed by atoms with E-state index in [4.69, 9.17) is 9.84 Å². The van der Waals surface area contributed by atoms with Gasteiger partial charge in [0.25, 0.3) is 30.4 Å². The fourth-order valence-corrected chi connectivity index (χ4v) is 8.41. The van der Waals surface area contributed by atoms with Crippen LogP contribution in [0.15, 0.2) is 93.5 Å². The fourth-order valence-electron chi connectivity index (χ4n) is 6.40. The smallest absolute Gasteiger partial charge is 0.335 e. The standard InChI is InChI=1S/C37H31N3O13S3/c1-18-14-28-25(15-31(18)55(47,48)49)33(24-7-5-6-8-30(24)54(44,45)46)26-16-32(56(50,51)52)27(17-29(26)53-28)39-34-19(2)13-20(3)35(21(34)4)40-37(43)38-23-11-9-22(10-12-23)36(41)42/h5-17,39H,1H2,2-4H3,(H,41,42)(H2,38,40,43)(H,44,45,46)(H,47,48,49)(H,50,51,52). The Bertz CT molecular complexity index is 2980. The van der Waals surface area contributed by atoms with Crippen LogP contribution in [0.4, 0.5) is 27.5 Å². The molecule has 6 rings (SSSR count). The zero-order valence-electron chi connectivity index (χ0n) is 29.4. The largest absolute Gasteiger partial charge is 0.478 e. The molecule has 0 saturated heterocycles. The summed E-state index contributed by atoms with van der Waals surface area (Å²) in [5.41, 5.74) is 1.83. The predicted octanol–water partition coefficient (Wildman–Crippen LogP) is 5.20. The van der Waals surface area contributed by atoms with Gasteiger partial charge in [0.1, 0.15) is 26.2 Å². The van der Waals surface area contributed by atoms with Gasteiger partial charge in [0.05, 0.1) is 16.9 Å². The molecule has 7 N–H and O–H groups in total. The molecular formula is C37H31N3O13S3. The Hall–Kier alpha value is -6.09. The van der Waals surface area contributed by atoms with Gasteiger partial charge in [0.15, 0.2) is 0 Å². The van der Waals surface area contributed by atoms with Gasteiger partial charge >= 0.3 is 12.0 Å². The molecule has 5 aromatic rings. The Morgan fingerprint density at radius 2 is 1.27 bits per heavy atom. The third-order valence-corrected chi connectivity index (χ3v) is 11.6. The van der Waals surface area contributed by atoms with Gasteiger partial charge in [-0.05, 0) is 91.2 Å². The predicted molar refractivity (Wildman–Crippen MR) is 205 cm³/mol. The summed E-state index contributed by atoms with van der Waals surface area (Å²) in [6, 6.07) is 15.8. The second-order valence-corrected chi connectivity index (χ2v) is 16.8. The van der Waals surface area contributed by atoms with Crippen molar-refractivity contribution < 1.29 is 58.3 Å². The Labute approximate surface area is 320 Å². The molecule has 56 heavy (non-hydrogen) atoms. The first kappa shape index (κ1) is 39.6. The summed E-state index contributed by atoms with van der Waals surface area (Å²) >= 11 is 0. The molecule has 0 radical (unpaired) electrons. The van der Waals surface area contributed by atoms with E-state index < -0.39 is 57.0 Å². The number of hydrogen-bond acceptors (Lipinski definition) is 10. The first-order chi connectivity index (χ1) is 26.0. The van der Waals surface area contributed by atoms with E-state index in [1.165, 1.54) is 54.6 Å². The molecule has 1 aliphatic rings. The van der Waals surface area contributed by atoms with E-state index in [0.717, 1.165) is 18.2 Å². The highest BCUT2D eigenvalue weighted by atomic mass is 32.2. The number of hydrogen-bond donors (Lipinski definition) is 7. The van der Waals surface area contributed by atoms with Gasteiger partial charge in [0, 0.05) is 39.4 Å². The van der Waals surface area contributed by atoms with Crippen LogP contribution in [0.2, 0.25) is 0 Å². The second-order valence-electron chi connectivity index (χ2n) is 12.7. The number of anilines is 4. The van der Waals surface area contributed by atoms with Crippen LogP contribution in [-0.2, 0) is 30.4 Å². The minimum atomic E-state index is -5.11. The van der Waals surface area contributed by atoms with E-state index >= 15 is 0 Å². The molecule has 0 saturated carbocycles. The maximum atomic E-state index is 13.1. The van der Waals surface area contributed by atoms with Crippen LogP contribution in [0.25, 0.3) is 12.2 Å². The number of carboxylic acids is 1. The first-order valence-corrected chi connectivity index (χ1v) is 20.4. The molecular weight excluding hydrogens is 791 g/mol. The van der Waals surface area contributed by atoms with E-state index in [1.54, 1.807) is 26.8 Å². The molecule has 19 heteroatoms. The van der Waals surface area contributed by atoms with Gasteiger partial charge in [-0.25, -0.2) is 9.59 Å². The second kappa shape index (κ2) is 14.2. The lowest BCUT2D eigenvalue weighted by molar-refractivity contribution is 0.0696. The fraction of sp³-hybridized carbons (Fsp3) is 0.0811. The quantitative estimate of drug-likeness (QED) is 0.0925. The van der Waals surface area contributed by atoms with Crippen molar-refractivity contribution in [3.05, 3.63) is 123 Å². The molecule has 2 amide bonds. The number of aromatic carboxylic acids is 1. The molecule has 0 spiro atoms. The average molecular weight is 822 g/mol. The lowest BCUT2D eigenvalue weighted by Crippen LogP contribution is -2.25. The number of aryl methyl sites for hydroxylation is 2. The lowest BCUT2D eigenvalue weighted by Gasteiger charge is -2.25. The summed E-state index contributed by atoms with van der Waals surface area (Å²) in [6.07, 6.45) is 0. The van der Waals surface area contributed by atoms with Crippen molar-refractivity contribution >= 4 is 77.3 Å². The normalized spacial score (nSPS) is 12.6. The minimum absolute atomic E-state index is 0.0217. The molecule has 0 atom stereocenters. The maximum Gasteiger partial charge on any atom is 0.335 e. The van der Waals surface area contributed by atoms with Crippen LogP contribution in [-0.4, -0.2) is 56.0 Å². The molecule has 1 heterocycles. The van der Waals surface area contributed by atoms with Crippen molar-refractivity contribution in [3.8, 4) is 11.5 Å². The molecule has 5 aromatic carbocycles. The summed E-state index contributed by atoms with van der Waals surface area (Å²) in [5, 5.41) is 17.2. The highest BCUT2D eigenvalue weighted by Gasteiger charge is 2.30. The Kier molecular flexibility index (Phi) is 10.0. The maximum absolute atomic E-state index is 13.1. The Morgan fingerprint density at radius 3 is 1.88 bits per heavy atom. The SMILES string of the molecule is C=c1cc2c(cc1S(=O)(=O)O)=C(c1ccccc1S(=O)(=O)O)c1cc(S(=O)(=O)O)c(Nc3c(C)cc(C)c(NC(=O)Nc4ccc(C(=O)O)cc4)c3C)cc1O2. The zero-order valence-corrected chi connectivity index (χ0v) is 31.8. The number of ether oxygens (including phenoxy) is 1. The van der Waals surface area contributed by atoms with Gasteiger partial charge in [-0.15, -0.1) is 0 Å². The van der Waals surface area contributed by atoms with Crippen molar-refractivity contribution in [2.24, 2.45) is 0 Å². The van der Waals surface area contributed by atoms with Crippen LogP contribution >= 0.6 is 0 Å². The van der Waals surface area contributed by atoms with Crippen molar-refractivity contribution in [1.29, 1.82) is 0 Å². The van der Waals surface area contributed by atoms with Crippen molar-refractivity contribution in [1.82, 2.24) is 0 Å². The lowest BCUT2D eigenvalue weighted by atomic mass is 9.92. The monoisotopic (exact) mass is 821 g/mol. The summed E-state index contributed by atoms with van der Waals surface area (Å²) < 4.78 is 113. The van der Waals surface area contributed by atoms with E-state index in [2.05, 4.69) is 22.5 Å². The van der Waals surface area contributed by atoms with E-state index in [9.17, 15) is 48.5 Å².